The number of ether oxygens (including phenoxy) is 1. The Labute approximate surface area is 47.3 Å². The maximum Gasteiger partial charge on any atom is 0.194 e. The summed E-state index contributed by atoms with van der Waals surface area (Å²) in [6, 6.07) is 0. The zero-order valence-corrected chi connectivity index (χ0v) is 4.72. The van der Waals surface area contributed by atoms with Gasteiger partial charge in [-0.3, -0.25) is 0 Å². The van der Waals surface area contributed by atoms with Gasteiger partial charge in [-0.1, -0.05) is 0 Å². The molecule has 1 aliphatic rings. The van der Waals surface area contributed by atoms with Gasteiger partial charge in [-0.15, -0.1) is 0 Å². The van der Waals surface area contributed by atoms with Crippen LogP contribution in [0.25, 0.3) is 0 Å². The third kappa shape index (κ3) is 0.833. The fourth-order valence-electron chi connectivity index (χ4n) is 0.727. The molecule has 0 aromatic carbocycles. The van der Waals surface area contributed by atoms with Gasteiger partial charge in [0, 0.05) is 6.42 Å². The van der Waals surface area contributed by atoms with Gasteiger partial charge in [0.05, 0.1) is 6.61 Å². The van der Waals surface area contributed by atoms with Gasteiger partial charge < -0.3 is 9.84 Å². The van der Waals surface area contributed by atoms with E-state index in [0.717, 1.165) is 0 Å². The molecular formula is C5H9FO2. The van der Waals surface area contributed by atoms with Crippen LogP contribution in [0.1, 0.15) is 13.3 Å². The van der Waals surface area contributed by atoms with Crippen molar-refractivity contribution in [1.82, 2.24) is 0 Å². The van der Waals surface area contributed by atoms with E-state index in [4.69, 9.17) is 5.11 Å². The van der Waals surface area contributed by atoms with E-state index < -0.39 is 12.0 Å². The first kappa shape index (κ1) is 5.98. The van der Waals surface area contributed by atoms with E-state index in [2.05, 4.69) is 4.74 Å². The quantitative estimate of drug-likeness (QED) is 0.503. The number of halogens is 1. The van der Waals surface area contributed by atoms with Crippen LogP contribution < -0.4 is 0 Å². The predicted octanol–water partition coefficient (Wildman–Crippen LogP) is 0.453. The molecule has 0 amide bonds. The average Bonchev–Trinajstić information content (AvgIpc) is 1.86. The molecule has 0 aromatic heterocycles. The van der Waals surface area contributed by atoms with E-state index in [9.17, 15) is 4.39 Å². The van der Waals surface area contributed by atoms with Crippen LogP contribution >= 0.6 is 0 Å². The first-order valence-electron chi connectivity index (χ1n) is 2.63. The highest BCUT2D eigenvalue weighted by molar-refractivity contribution is 4.77. The molecule has 3 heteroatoms. The predicted molar refractivity (Wildman–Crippen MR) is 26.1 cm³/mol. The monoisotopic (exact) mass is 120 g/mol. The Kier molecular flexibility index (Phi) is 1.25. The lowest BCUT2D eigenvalue weighted by Gasteiger charge is -2.16. The summed E-state index contributed by atoms with van der Waals surface area (Å²) in [5.41, 5.74) is 0. The van der Waals surface area contributed by atoms with E-state index in [1.54, 1.807) is 0 Å². The lowest BCUT2D eigenvalue weighted by Crippen LogP contribution is -2.31. The molecule has 0 aliphatic carbocycles. The van der Waals surface area contributed by atoms with E-state index >= 15 is 0 Å². The third-order valence-corrected chi connectivity index (χ3v) is 1.35. The van der Waals surface area contributed by atoms with E-state index in [1.807, 2.05) is 0 Å². The van der Waals surface area contributed by atoms with Crippen molar-refractivity contribution in [2.24, 2.45) is 0 Å². The van der Waals surface area contributed by atoms with Crippen molar-refractivity contribution in [2.75, 3.05) is 6.61 Å². The zero-order valence-electron chi connectivity index (χ0n) is 4.72. The van der Waals surface area contributed by atoms with Gasteiger partial charge in [0.25, 0.3) is 0 Å². The number of aliphatic hydroxyl groups is 1. The van der Waals surface area contributed by atoms with Crippen molar-refractivity contribution in [3.63, 3.8) is 0 Å². The second-order valence-electron chi connectivity index (χ2n) is 2.16. The Hall–Kier alpha value is -0.150. The molecule has 8 heavy (non-hydrogen) atoms. The Bertz CT molecular complexity index is 92.4. The second-order valence-corrected chi connectivity index (χ2v) is 2.16. The van der Waals surface area contributed by atoms with Crippen LogP contribution in [0, 0.1) is 0 Å². The average molecular weight is 120 g/mol. The highest BCUT2D eigenvalue weighted by Crippen LogP contribution is 2.24. The Morgan fingerprint density at radius 3 is 2.62 bits per heavy atom. The van der Waals surface area contributed by atoms with Crippen LogP contribution in [-0.2, 0) is 4.74 Å². The van der Waals surface area contributed by atoms with Gasteiger partial charge in [-0.25, -0.2) is 4.39 Å². The lowest BCUT2D eigenvalue weighted by molar-refractivity contribution is -0.183. The molecular weight excluding hydrogens is 111 g/mol. The minimum atomic E-state index is -1.51. The van der Waals surface area contributed by atoms with Crippen molar-refractivity contribution >= 4 is 0 Å². The van der Waals surface area contributed by atoms with Crippen LogP contribution in [0.3, 0.4) is 0 Å². The number of hydrogen-bond acceptors (Lipinski definition) is 2. The van der Waals surface area contributed by atoms with Crippen LogP contribution in [0.5, 0.6) is 0 Å². The van der Waals surface area contributed by atoms with Crippen LogP contribution in [0.15, 0.2) is 0 Å². The summed E-state index contributed by atoms with van der Waals surface area (Å²) < 4.78 is 17.0. The van der Waals surface area contributed by atoms with Crippen molar-refractivity contribution in [1.29, 1.82) is 0 Å². The minimum Gasteiger partial charge on any atom is -0.363 e. The maximum atomic E-state index is 12.3. The molecule has 2 nitrogen and oxygen atoms in total. The molecule has 48 valence electrons. The fraction of sp³-hybridized carbons (Fsp3) is 1.00. The highest BCUT2D eigenvalue weighted by atomic mass is 19.1. The summed E-state index contributed by atoms with van der Waals surface area (Å²) in [4.78, 5) is 0. The van der Waals surface area contributed by atoms with E-state index in [1.165, 1.54) is 6.92 Å². The molecule has 1 N–H and O–H groups in total. The Morgan fingerprint density at radius 2 is 2.50 bits per heavy atom. The van der Waals surface area contributed by atoms with Crippen molar-refractivity contribution in [2.45, 2.75) is 25.3 Å². The van der Waals surface area contributed by atoms with Gasteiger partial charge >= 0.3 is 0 Å². The summed E-state index contributed by atoms with van der Waals surface area (Å²) in [5.74, 6) is -1.51. The Balaban J connectivity index is 2.54. The normalized spacial score (nSPS) is 47.6. The summed E-state index contributed by atoms with van der Waals surface area (Å²) in [6.45, 7) is 1.67. The lowest BCUT2D eigenvalue weighted by atomic mass is 10.2. The molecule has 1 fully saturated rings. The molecule has 1 saturated heterocycles. The van der Waals surface area contributed by atoms with E-state index in [-0.39, 0.29) is 0 Å². The highest BCUT2D eigenvalue weighted by Gasteiger charge is 2.38. The maximum absolute atomic E-state index is 12.3. The van der Waals surface area contributed by atoms with Crippen LogP contribution in [0.4, 0.5) is 4.39 Å². The van der Waals surface area contributed by atoms with Crippen LogP contribution in [0.2, 0.25) is 0 Å². The second kappa shape index (κ2) is 1.67. The summed E-state index contributed by atoms with van der Waals surface area (Å²) in [6.07, 6.45) is -0.894. The minimum absolute atomic E-state index is 0.312. The zero-order chi connectivity index (χ0) is 6.20. The molecule has 1 rings (SSSR count). The van der Waals surface area contributed by atoms with Gasteiger partial charge in [-0.05, 0) is 6.92 Å². The number of hydrogen-bond donors (Lipinski definition) is 1. The van der Waals surface area contributed by atoms with Crippen molar-refractivity contribution in [3.8, 4) is 0 Å². The fourth-order valence-corrected chi connectivity index (χ4v) is 0.727. The van der Waals surface area contributed by atoms with Crippen molar-refractivity contribution < 1.29 is 14.2 Å². The van der Waals surface area contributed by atoms with Crippen LogP contribution in [-0.4, -0.2) is 23.7 Å². The first-order chi connectivity index (χ1) is 3.63. The molecule has 1 heterocycles. The Morgan fingerprint density at radius 1 is 1.88 bits per heavy atom. The van der Waals surface area contributed by atoms with Gasteiger partial charge in [0.1, 0.15) is 0 Å². The summed E-state index contributed by atoms with van der Waals surface area (Å²) in [5, 5.41) is 8.87. The van der Waals surface area contributed by atoms with Gasteiger partial charge in [-0.2, -0.15) is 0 Å². The topological polar surface area (TPSA) is 29.5 Å². The molecule has 0 radical (unpaired) electrons. The van der Waals surface area contributed by atoms with Crippen molar-refractivity contribution in [3.05, 3.63) is 0 Å². The summed E-state index contributed by atoms with van der Waals surface area (Å²) >= 11 is 0. The molecule has 2 unspecified atom stereocenters. The molecule has 1 aliphatic heterocycles. The third-order valence-electron chi connectivity index (χ3n) is 1.35. The van der Waals surface area contributed by atoms with Gasteiger partial charge in [0.2, 0.25) is 0 Å². The largest absolute Gasteiger partial charge is 0.363 e. The molecule has 0 bridgehead atoms. The first-order valence-corrected chi connectivity index (χ1v) is 2.63. The smallest absolute Gasteiger partial charge is 0.194 e. The molecule has 2 atom stereocenters. The molecule has 0 saturated carbocycles. The summed E-state index contributed by atoms with van der Waals surface area (Å²) in [7, 11) is 0. The number of alkyl halides is 1. The standard InChI is InChI=1S/C5H9FO2/c1-5(7)4(6)2-3-8-5/h4,7H,2-3H2,1H3. The molecule has 0 aromatic rings. The molecule has 0 spiro atoms. The van der Waals surface area contributed by atoms with Gasteiger partial charge in [0.15, 0.2) is 12.0 Å². The number of rotatable bonds is 0. The van der Waals surface area contributed by atoms with E-state index in [0.29, 0.717) is 13.0 Å². The SMILES string of the molecule is CC1(O)OCCC1F.